The lowest BCUT2D eigenvalue weighted by molar-refractivity contribution is -0.149. The van der Waals surface area contributed by atoms with Crippen molar-refractivity contribution in [3.63, 3.8) is 0 Å². The second-order valence-electron chi connectivity index (χ2n) is 5.46. The number of carbonyl (C=O) groups is 2. The van der Waals surface area contributed by atoms with Gasteiger partial charge < -0.3 is 24.3 Å². The molecule has 2 aromatic rings. The van der Waals surface area contributed by atoms with E-state index in [1.54, 1.807) is 42.5 Å². The molecule has 0 heterocycles. The van der Waals surface area contributed by atoms with Crippen LogP contribution in [0.5, 0.6) is 17.2 Å². The van der Waals surface area contributed by atoms with Crippen LogP contribution in [0.2, 0.25) is 5.02 Å². The smallest absolute Gasteiger partial charge is 0.344 e. The number of ether oxygens (including phenoxy) is 4. The van der Waals surface area contributed by atoms with Crippen LogP contribution in [-0.4, -0.2) is 38.3 Å². The zero-order valence-electron chi connectivity index (χ0n) is 15.7. The van der Waals surface area contributed by atoms with Gasteiger partial charge in [-0.3, -0.25) is 4.79 Å². The summed E-state index contributed by atoms with van der Waals surface area (Å²) < 4.78 is 21.1. The molecule has 8 heteroatoms. The molecule has 0 fully saturated rings. The number of esters is 1. The van der Waals surface area contributed by atoms with Crippen molar-refractivity contribution in [1.29, 1.82) is 0 Å². The van der Waals surface area contributed by atoms with Crippen LogP contribution in [0.1, 0.15) is 13.8 Å². The maximum absolute atomic E-state index is 12.0. The van der Waals surface area contributed by atoms with Crippen molar-refractivity contribution >= 4 is 29.2 Å². The highest BCUT2D eigenvalue weighted by Gasteiger charge is 2.12. The molecule has 0 aliphatic rings. The van der Waals surface area contributed by atoms with E-state index >= 15 is 0 Å². The summed E-state index contributed by atoms with van der Waals surface area (Å²) >= 11 is 5.93. The molecule has 0 spiro atoms. The van der Waals surface area contributed by atoms with Crippen molar-refractivity contribution in [2.75, 3.05) is 31.7 Å². The highest BCUT2D eigenvalue weighted by atomic mass is 35.5. The van der Waals surface area contributed by atoms with Crippen molar-refractivity contribution in [3.05, 3.63) is 47.5 Å². The third-order valence-electron chi connectivity index (χ3n) is 3.37. The van der Waals surface area contributed by atoms with Gasteiger partial charge in [0.15, 0.2) is 24.7 Å². The molecule has 2 aromatic carbocycles. The maximum atomic E-state index is 12.0. The van der Waals surface area contributed by atoms with Gasteiger partial charge in [-0.2, -0.15) is 0 Å². The molecule has 150 valence electrons. The highest BCUT2D eigenvalue weighted by molar-refractivity contribution is 6.32. The Hall–Kier alpha value is -2.93. The Morgan fingerprint density at radius 3 is 2.32 bits per heavy atom. The zero-order valence-corrected chi connectivity index (χ0v) is 16.5. The van der Waals surface area contributed by atoms with Crippen LogP contribution in [-0.2, 0) is 14.3 Å². The molecular formula is C20H22ClNO6. The second kappa shape index (κ2) is 11.0. The van der Waals surface area contributed by atoms with Gasteiger partial charge in [0.1, 0.15) is 5.75 Å². The van der Waals surface area contributed by atoms with Gasteiger partial charge in [-0.05, 0) is 38.1 Å². The van der Waals surface area contributed by atoms with Crippen molar-refractivity contribution in [2.24, 2.45) is 0 Å². The van der Waals surface area contributed by atoms with Gasteiger partial charge in [0.2, 0.25) is 0 Å². The van der Waals surface area contributed by atoms with E-state index in [9.17, 15) is 9.59 Å². The van der Waals surface area contributed by atoms with Crippen LogP contribution in [0.25, 0.3) is 0 Å². The van der Waals surface area contributed by atoms with Gasteiger partial charge in [0.25, 0.3) is 5.91 Å². The van der Waals surface area contributed by atoms with E-state index in [0.29, 0.717) is 41.2 Å². The number of anilines is 1. The number of benzene rings is 2. The summed E-state index contributed by atoms with van der Waals surface area (Å²) in [6, 6.07) is 11.8. The molecule has 0 saturated heterocycles. The Kier molecular flexibility index (Phi) is 8.42. The number of amides is 1. The van der Waals surface area contributed by atoms with Crippen LogP contribution in [0.15, 0.2) is 42.5 Å². The zero-order chi connectivity index (χ0) is 20.4. The van der Waals surface area contributed by atoms with E-state index in [-0.39, 0.29) is 6.61 Å². The Morgan fingerprint density at radius 1 is 0.893 bits per heavy atom. The number of nitrogens with one attached hydrogen (secondary N) is 1. The molecule has 0 bridgehead atoms. The van der Waals surface area contributed by atoms with Gasteiger partial charge >= 0.3 is 5.97 Å². The molecular weight excluding hydrogens is 386 g/mol. The van der Waals surface area contributed by atoms with Crippen LogP contribution in [0.3, 0.4) is 0 Å². The molecule has 0 aliphatic heterocycles. The van der Waals surface area contributed by atoms with Crippen LogP contribution in [0, 0.1) is 0 Å². The minimum atomic E-state index is -0.684. The Balaban J connectivity index is 1.82. The summed E-state index contributed by atoms with van der Waals surface area (Å²) in [4.78, 5) is 23.7. The maximum Gasteiger partial charge on any atom is 0.344 e. The fraction of sp³-hybridized carbons (Fsp3) is 0.300. The average molecular weight is 408 g/mol. The van der Waals surface area contributed by atoms with E-state index in [1.807, 2.05) is 13.8 Å². The first kappa shape index (κ1) is 21.4. The normalized spacial score (nSPS) is 10.1. The Morgan fingerprint density at radius 2 is 1.61 bits per heavy atom. The summed E-state index contributed by atoms with van der Waals surface area (Å²) in [5, 5.41) is 3.02. The molecule has 0 aromatic heterocycles. The lowest BCUT2D eigenvalue weighted by atomic mass is 10.2. The SMILES string of the molecule is CCOc1ccc(NC(=O)COC(=O)COc2ccccc2Cl)cc1OCC. The molecule has 1 N–H and O–H groups in total. The van der Waals surface area contributed by atoms with Gasteiger partial charge in [-0.15, -0.1) is 0 Å². The second-order valence-corrected chi connectivity index (χ2v) is 5.86. The first-order valence-corrected chi connectivity index (χ1v) is 9.13. The summed E-state index contributed by atoms with van der Waals surface area (Å²) in [6.07, 6.45) is 0. The average Bonchev–Trinajstić information content (AvgIpc) is 2.68. The third-order valence-corrected chi connectivity index (χ3v) is 3.69. The number of para-hydroxylation sites is 1. The number of halogens is 1. The van der Waals surface area contributed by atoms with Gasteiger partial charge in [-0.25, -0.2) is 4.79 Å². The topological polar surface area (TPSA) is 83.1 Å². The highest BCUT2D eigenvalue weighted by Crippen LogP contribution is 2.30. The fourth-order valence-corrected chi connectivity index (χ4v) is 2.40. The fourth-order valence-electron chi connectivity index (χ4n) is 2.21. The van der Waals surface area contributed by atoms with Gasteiger partial charge in [0, 0.05) is 11.8 Å². The van der Waals surface area contributed by atoms with Crippen LogP contribution in [0.4, 0.5) is 5.69 Å². The lowest BCUT2D eigenvalue weighted by Crippen LogP contribution is -2.23. The molecule has 0 atom stereocenters. The first-order valence-electron chi connectivity index (χ1n) is 8.76. The molecule has 7 nitrogen and oxygen atoms in total. The quantitative estimate of drug-likeness (QED) is 0.605. The predicted octanol–water partition coefficient (Wildman–Crippen LogP) is 3.70. The molecule has 0 aliphatic carbocycles. The monoisotopic (exact) mass is 407 g/mol. The van der Waals surface area contributed by atoms with Crippen molar-refractivity contribution in [3.8, 4) is 17.2 Å². The summed E-state index contributed by atoms with van der Waals surface area (Å²) in [5.41, 5.74) is 0.500. The predicted molar refractivity (Wildman–Crippen MR) is 105 cm³/mol. The minimum absolute atomic E-state index is 0.353. The molecule has 1 amide bonds. The Labute approximate surface area is 168 Å². The lowest BCUT2D eigenvalue weighted by Gasteiger charge is -2.13. The first-order chi connectivity index (χ1) is 13.5. The number of hydrogen-bond donors (Lipinski definition) is 1. The van der Waals surface area contributed by atoms with Crippen molar-refractivity contribution < 1.29 is 28.5 Å². The van der Waals surface area contributed by atoms with E-state index in [4.69, 9.17) is 30.5 Å². The third kappa shape index (κ3) is 6.66. The standard InChI is InChI=1S/C20H22ClNO6/c1-3-25-17-10-9-14(11-18(17)26-4-2)22-19(23)12-28-20(24)13-27-16-8-6-5-7-15(16)21/h5-11H,3-4,12-13H2,1-2H3,(H,22,23). The molecule has 0 radical (unpaired) electrons. The summed E-state index contributed by atoms with van der Waals surface area (Å²) in [5.74, 6) is 0.302. The largest absolute Gasteiger partial charge is 0.490 e. The summed E-state index contributed by atoms with van der Waals surface area (Å²) in [6.45, 7) is 3.88. The molecule has 0 unspecified atom stereocenters. The van der Waals surface area contributed by atoms with E-state index < -0.39 is 18.5 Å². The summed E-state index contributed by atoms with van der Waals surface area (Å²) in [7, 11) is 0. The van der Waals surface area contributed by atoms with Crippen LogP contribution < -0.4 is 19.5 Å². The van der Waals surface area contributed by atoms with Crippen LogP contribution >= 0.6 is 11.6 Å². The molecule has 28 heavy (non-hydrogen) atoms. The Bertz CT molecular complexity index is 811. The van der Waals surface area contributed by atoms with E-state index in [1.165, 1.54) is 0 Å². The number of hydrogen-bond acceptors (Lipinski definition) is 6. The van der Waals surface area contributed by atoms with E-state index in [2.05, 4.69) is 5.32 Å². The van der Waals surface area contributed by atoms with E-state index in [0.717, 1.165) is 0 Å². The molecule has 2 rings (SSSR count). The van der Waals surface area contributed by atoms with Gasteiger partial charge in [0.05, 0.1) is 18.2 Å². The minimum Gasteiger partial charge on any atom is -0.490 e. The van der Waals surface area contributed by atoms with Crippen molar-refractivity contribution in [1.82, 2.24) is 0 Å². The van der Waals surface area contributed by atoms with Crippen molar-refractivity contribution in [2.45, 2.75) is 13.8 Å². The number of carbonyl (C=O) groups excluding carboxylic acids is 2. The molecule has 0 saturated carbocycles. The van der Waals surface area contributed by atoms with Gasteiger partial charge in [-0.1, -0.05) is 23.7 Å². The number of rotatable bonds is 10.